The molecule has 3 heterocycles. The number of aliphatic hydroxyl groups is 4. The van der Waals surface area contributed by atoms with E-state index < -0.39 is 107 Å². The average Bonchev–Trinajstić information content (AvgIpc) is 3.40. The van der Waals surface area contributed by atoms with E-state index in [1.807, 2.05) is 65.0 Å². The number of aliphatic hydroxyl groups excluding tert-OH is 3. The number of carbonyl (C=O) groups excluding carboxylic acids is 6. The molecule has 17 nitrogen and oxygen atoms in total. The topological polar surface area (TPSA) is 264 Å². The second kappa shape index (κ2) is 30.9. The number of rotatable bonds is 19. The number of halogens is 1. The normalized spacial score (nSPS) is 30.4. The smallest absolute Gasteiger partial charge is 0.325 e. The first-order valence-corrected chi connectivity index (χ1v) is 28.4. The van der Waals surface area contributed by atoms with Gasteiger partial charge >= 0.3 is 5.97 Å². The molecule has 15 atom stereocenters. The monoisotopic (exact) mass is 1090 g/mol. The second-order valence-electron chi connectivity index (χ2n) is 23.0. The number of cyclic esters (lactones) is 1. The Morgan fingerprint density at radius 2 is 1.63 bits per heavy atom. The number of esters is 1. The Morgan fingerprint density at radius 1 is 0.936 bits per heavy atom. The highest BCUT2D eigenvalue weighted by molar-refractivity contribution is 5.93. The van der Waals surface area contributed by atoms with E-state index in [0.717, 1.165) is 17.7 Å². The fourth-order valence-electron chi connectivity index (χ4n) is 10.7. The summed E-state index contributed by atoms with van der Waals surface area (Å²) in [5, 5.41) is 65.3. The summed E-state index contributed by atoms with van der Waals surface area (Å²) in [5.41, 5.74) is 2.54. The van der Waals surface area contributed by atoms with E-state index in [4.69, 9.17) is 4.74 Å². The van der Waals surface area contributed by atoms with E-state index in [2.05, 4.69) is 21.4 Å². The maximum Gasteiger partial charge on any atom is 0.325 e. The van der Waals surface area contributed by atoms with E-state index in [1.54, 1.807) is 39.8 Å². The molecule has 78 heavy (non-hydrogen) atoms. The fourth-order valence-corrected chi connectivity index (χ4v) is 10.7. The van der Waals surface area contributed by atoms with Crippen molar-refractivity contribution in [2.45, 2.75) is 201 Å². The first-order chi connectivity index (χ1) is 36.8. The number of ketones is 1. The van der Waals surface area contributed by atoms with Crippen LogP contribution in [0.5, 0.6) is 5.75 Å². The number of phenolic OH excluding ortho intramolecular Hbond substituents is 1. The first kappa shape index (κ1) is 65.2. The molecule has 0 radical (unpaired) electrons. The second-order valence-corrected chi connectivity index (χ2v) is 23.0. The Labute approximate surface area is 462 Å². The zero-order chi connectivity index (χ0) is 58.0. The highest BCUT2D eigenvalue weighted by atomic mass is 19.1. The predicted molar refractivity (Wildman–Crippen MR) is 296 cm³/mol. The molecule has 0 aliphatic carbocycles. The van der Waals surface area contributed by atoms with Crippen LogP contribution in [0.1, 0.15) is 152 Å². The molecule has 3 aliphatic rings. The van der Waals surface area contributed by atoms with Crippen LogP contribution in [0.25, 0.3) is 0 Å². The number of aromatic hydroxyl groups is 1. The van der Waals surface area contributed by atoms with Gasteiger partial charge in [-0.3, -0.25) is 29.0 Å². The Bertz CT molecular complexity index is 2310. The number of hydrazine groups is 1. The van der Waals surface area contributed by atoms with Crippen molar-refractivity contribution in [1.82, 2.24) is 26.4 Å². The summed E-state index contributed by atoms with van der Waals surface area (Å²) < 4.78 is 20.3. The van der Waals surface area contributed by atoms with E-state index in [0.29, 0.717) is 63.4 Å². The maximum absolute atomic E-state index is 14.5. The number of hydrogen-bond acceptors (Lipinski definition) is 13. The van der Waals surface area contributed by atoms with Gasteiger partial charge in [-0.25, -0.2) is 9.82 Å². The number of allylic oxidation sites excluding steroid dienone is 6. The largest absolute Gasteiger partial charge is 0.505 e. The van der Waals surface area contributed by atoms with Gasteiger partial charge in [-0.15, -0.1) is 0 Å². The van der Waals surface area contributed by atoms with Gasteiger partial charge in [0.05, 0.1) is 24.2 Å². The quantitative estimate of drug-likeness (QED) is 0.0526. The zero-order valence-corrected chi connectivity index (χ0v) is 47.8. The van der Waals surface area contributed by atoms with E-state index in [9.17, 15) is 58.7 Å². The van der Waals surface area contributed by atoms with Crippen LogP contribution in [0, 0.1) is 53.2 Å². The predicted octanol–water partition coefficient (Wildman–Crippen LogP) is 6.56. The van der Waals surface area contributed by atoms with Crippen LogP contribution in [0.3, 0.4) is 0 Å². The summed E-state index contributed by atoms with van der Waals surface area (Å²) in [6.45, 7) is 18.1. The van der Waals surface area contributed by atoms with Crippen LogP contribution in [-0.2, 0) is 39.9 Å². The number of fused-ring (bicyclic) bond motifs is 2. The standard InChI is InChI=1S/C60H92FN5O12/c1-11-44-32-40(8)60(77,64-55(44)72)42(10)53(70)39(7)25-30-49(68)36(4)20-16-14-17-21-37(5)51-24-18-13-12-15-22-38(6)54(71)45(28-26-41(9)67)56(73)63-52(35(2)3)57(74)62-48(33-43-27-29-46(61)50(69)34-43)58(75)66-31-19-23-47(65-66)59(76)78-51/h12-15,17-18,21,27,29,34-36,38-40,42,44-45,47-49,51-54,65,68-71,77H,11,16,19-20,22-26,28,30-33H2,1-10H3,(H,62,74)(H,63,73)(H,64,72)/b15-12+,17-14+,18-13+,37-21+/t36?,38?,39?,40-,42?,44?,45?,47?,48?,49?,51-,52?,53?,54?,60+/m0/s1. The van der Waals surface area contributed by atoms with Crippen LogP contribution in [0.15, 0.2) is 66.3 Å². The minimum Gasteiger partial charge on any atom is -0.505 e. The van der Waals surface area contributed by atoms with Gasteiger partial charge in [-0.2, -0.15) is 0 Å². The van der Waals surface area contributed by atoms with Crippen molar-refractivity contribution < 1.29 is 63.4 Å². The van der Waals surface area contributed by atoms with Crippen LogP contribution in [0.4, 0.5) is 4.39 Å². The molecule has 4 rings (SSSR count). The lowest BCUT2D eigenvalue weighted by Gasteiger charge is -2.47. The molecular weight excluding hydrogens is 1000 g/mol. The summed E-state index contributed by atoms with van der Waals surface area (Å²) in [7, 11) is 0. The van der Waals surface area contributed by atoms with Crippen molar-refractivity contribution in [3.8, 4) is 5.75 Å². The Kier molecular flexibility index (Phi) is 25.9. The fraction of sp³-hybridized carbons (Fsp3) is 0.667. The van der Waals surface area contributed by atoms with Gasteiger partial charge in [0.1, 0.15) is 35.7 Å². The lowest BCUT2D eigenvalue weighted by molar-refractivity contribution is -0.170. The maximum atomic E-state index is 14.5. The van der Waals surface area contributed by atoms with Crippen molar-refractivity contribution in [1.29, 1.82) is 0 Å². The first-order valence-electron chi connectivity index (χ1n) is 28.4. The third-order valence-electron chi connectivity index (χ3n) is 16.4. The molecule has 2 fully saturated rings. The third-order valence-corrected chi connectivity index (χ3v) is 16.4. The number of hydrogen-bond donors (Lipinski definition) is 9. The summed E-state index contributed by atoms with van der Waals surface area (Å²) in [4.78, 5) is 81.6. The summed E-state index contributed by atoms with van der Waals surface area (Å²) in [6.07, 6.45) is 14.3. The molecule has 4 amide bonds. The summed E-state index contributed by atoms with van der Waals surface area (Å²) >= 11 is 0. The molecule has 436 valence electrons. The molecular formula is C60H92FN5O12. The zero-order valence-electron chi connectivity index (χ0n) is 47.8. The van der Waals surface area contributed by atoms with Crippen molar-refractivity contribution in [2.24, 2.45) is 47.3 Å². The van der Waals surface area contributed by atoms with Gasteiger partial charge in [-0.05, 0) is 125 Å². The Balaban J connectivity index is 1.51. The van der Waals surface area contributed by atoms with E-state index in [-0.39, 0.29) is 67.6 Å². The third kappa shape index (κ3) is 18.7. The van der Waals surface area contributed by atoms with Gasteiger partial charge in [-0.1, -0.05) is 104 Å². The molecule has 18 heteroatoms. The number of nitrogens with one attached hydrogen (secondary N) is 4. The molecule has 2 saturated heterocycles. The number of ether oxygens (including phenoxy) is 1. The van der Waals surface area contributed by atoms with E-state index in [1.165, 1.54) is 18.0 Å². The molecule has 0 aromatic heterocycles. The molecule has 12 unspecified atom stereocenters. The number of nitrogens with zero attached hydrogens (tertiary/aromatic N) is 1. The number of Topliss-reactive ketones (excluding diaryl/α,β-unsaturated/α-hetero) is 1. The highest BCUT2D eigenvalue weighted by Crippen LogP contribution is 2.38. The average molecular weight is 1090 g/mol. The number of carbonyl (C=O) groups is 6. The lowest BCUT2D eigenvalue weighted by Crippen LogP contribution is -2.65. The van der Waals surface area contributed by atoms with Crippen molar-refractivity contribution in [3.63, 3.8) is 0 Å². The van der Waals surface area contributed by atoms with Crippen LogP contribution < -0.4 is 21.4 Å². The minimum atomic E-state index is -1.53. The molecule has 0 spiro atoms. The van der Waals surface area contributed by atoms with Crippen LogP contribution in [0.2, 0.25) is 0 Å². The van der Waals surface area contributed by atoms with Gasteiger partial charge in [0.15, 0.2) is 11.6 Å². The van der Waals surface area contributed by atoms with Crippen LogP contribution in [-0.4, -0.2) is 121 Å². The minimum absolute atomic E-state index is 0.0217. The number of piperidine rings is 1. The number of phenols is 1. The number of amides is 4. The van der Waals surface area contributed by atoms with Crippen molar-refractivity contribution in [2.75, 3.05) is 6.54 Å². The molecule has 2 bridgehead atoms. The lowest BCUT2D eigenvalue weighted by atomic mass is 9.72. The summed E-state index contributed by atoms with van der Waals surface area (Å²) in [5.74, 6) is -7.80. The van der Waals surface area contributed by atoms with Crippen molar-refractivity contribution >= 4 is 35.4 Å². The molecule has 0 saturated carbocycles. The number of benzene rings is 1. The van der Waals surface area contributed by atoms with Crippen molar-refractivity contribution in [3.05, 3.63) is 77.7 Å². The molecule has 3 aliphatic heterocycles. The van der Waals surface area contributed by atoms with Gasteiger partial charge in [0.25, 0.3) is 5.91 Å². The van der Waals surface area contributed by atoms with Gasteiger partial charge in [0.2, 0.25) is 17.7 Å². The Morgan fingerprint density at radius 3 is 2.28 bits per heavy atom. The van der Waals surface area contributed by atoms with Gasteiger partial charge in [0, 0.05) is 43.6 Å². The SMILES string of the molecule is CCC1C[C@H](C)[C@@](O)(C(C)C(O)C(C)CCC(O)C(C)CC/C=C/C=C(\C)[C@@H]2C/C=C/C=C/CC(C)C(O)C(CCC(C)=O)C(=O)NC(C(C)C)C(=O)NC(Cc3ccc(F)c(O)c3)C(=O)N3CCCC(N3)C(=O)O2)NC1=O. The van der Waals surface area contributed by atoms with E-state index >= 15 is 0 Å². The molecule has 9 N–H and O–H groups in total. The molecule has 1 aromatic carbocycles. The van der Waals surface area contributed by atoms with Crippen LogP contribution >= 0.6 is 0 Å². The van der Waals surface area contributed by atoms with Gasteiger partial charge < -0.3 is 51.0 Å². The molecule has 1 aromatic rings. The summed E-state index contributed by atoms with van der Waals surface area (Å²) in [6, 6.07) is 0.110. The highest BCUT2D eigenvalue weighted by Gasteiger charge is 2.49. The Hall–Kier alpha value is -5.27.